The normalized spacial score (nSPS) is 13.8. The minimum Gasteiger partial charge on any atom is -0.508 e. The summed E-state index contributed by atoms with van der Waals surface area (Å²) in [5, 5.41) is 92.2. The molecule has 2 saturated carbocycles. The van der Waals surface area contributed by atoms with Crippen LogP contribution in [0.1, 0.15) is 282 Å². The predicted octanol–water partition coefficient (Wildman–Crippen LogP) is 24.5. The van der Waals surface area contributed by atoms with Crippen LogP contribution in [0.2, 0.25) is 0 Å². The molecule has 0 heterocycles. The van der Waals surface area contributed by atoms with E-state index >= 15 is 0 Å². The second kappa shape index (κ2) is 41.9. The summed E-state index contributed by atoms with van der Waals surface area (Å²) in [6, 6.07) is 48.1. The van der Waals surface area contributed by atoms with E-state index in [1.165, 1.54) is 28.4 Å². The molecule has 0 aliphatic heterocycles. The number of carbonyl (C=O) groups is 4. The van der Waals surface area contributed by atoms with Gasteiger partial charge in [0.05, 0.1) is 28.4 Å². The zero-order valence-corrected chi connectivity index (χ0v) is 86.0. The minimum atomic E-state index is -0.864. The molecule has 14 rings (SSSR count). The topological polar surface area (TPSA) is 304 Å². The summed E-state index contributed by atoms with van der Waals surface area (Å²) in [6.07, 6.45) is 6.24. The van der Waals surface area contributed by atoms with Crippen molar-refractivity contribution in [3.05, 3.63) is 346 Å². The quantitative estimate of drug-likeness (QED) is 0.0118. The molecule has 2 aliphatic rings. The second-order valence-electron chi connectivity index (χ2n) is 40.3. The number of methoxy groups -OCH3 is 4. The summed E-state index contributed by atoms with van der Waals surface area (Å²) in [5.74, 6) is -1.75. The fourth-order valence-electron chi connectivity index (χ4n) is 22.6. The maximum atomic E-state index is 13.6. The van der Waals surface area contributed by atoms with Gasteiger partial charge in [-0.05, 0) is 435 Å². The number of hydrogen-bond donors (Lipinski definition) is 8. The maximum Gasteiger partial charge on any atom is 0.343 e. The average molecular weight is 1910 g/mol. The van der Waals surface area contributed by atoms with Crippen molar-refractivity contribution in [2.75, 3.05) is 54.9 Å². The van der Waals surface area contributed by atoms with Crippen LogP contribution in [0.4, 0.5) is 0 Å². The van der Waals surface area contributed by atoms with Gasteiger partial charge in [-0.2, -0.15) is 0 Å². The Bertz CT molecular complexity index is 5860. The molecule has 12 aromatic rings. The lowest BCUT2D eigenvalue weighted by Gasteiger charge is -2.46. The number of benzene rings is 12. The Morgan fingerprint density at radius 2 is 0.383 bits per heavy atom. The maximum absolute atomic E-state index is 13.6. The lowest BCUT2D eigenvalue weighted by Crippen LogP contribution is -2.36. The molecule has 12 aromatic carbocycles. The van der Waals surface area contributed by atoms with Gasteiger partial charge in [0.2, 0.25) is 0 Å². The van der Waals surface area contributed by atoms with Crippen LogP contribution in [-0.2, 0) is 49.0 Å². The Labute approximate surface area is 829 Å². The Kier molecular flexibility index (Phi) is 30.6. The molecule has 141 heavy (non-hydrogen) atoms. The number of esters is 4. The first-order chi connectivity index (χ1) is 66.8. The number of ether oxygens (including phenoxy) is 8. The van der Waals surface area contributed by atoms with Gasteiger partial charge in [0.1, 0.15) is 69.0 Å². The largest absolute Gasteiger partial charge is 0.508 e. The van der Waals surface area contributed by atoms with Crippen molar-refractivity contribution in [1.29, 1.82) is 0 Å². The minimum absolute atomic E-state index is 0.124. The number of carbonyl (C=O) groups excluding carboxylic acids is 4. The van der Waals surface area contributed by atoms with E-state index in [1.54, 1.807) is 48.5 Å². The highest BCUT2D eigenvalue weighted by Crippen LogP contribution is 2.59. The van der Waals surface area contributed by atoms with Crippen LogP contribution >= 0.6 is 0 Å². The van der Waals surface area contributed by atoms with Gasteiger partial charge in [-0.3, -0.25) is 0 Å². The van der Waals surface area contributed by atoms with E-state index in [9.17, 15) is 60.0 Å². The SMILES string of the molecule is COC(=O)COc1c(C)cc(C2(c3cc(C)c(OCC(=O)OC)c(C(c4cc(C)c(O)cc4C)c4cc(C)c(O)cc4C)c3)CCC(CC3CCC(c4cc(C)c(OCC(=O)OC)c(C(c5cc(C)c(O)cc5C)c5cc(C)c(O)cc5C)c4)(c4cc(C)c(OCC(=O)OC)c(C(c5cc(C)c(O)cc5C)c5cc(C)c(O)cc5C)c4)CC3)CC2)cc1C(c1cc(C)c(O)cc1C)c1cc(C)c(O)cc1C. The summed E-state index contributed by atoms with van der Waals surface area (Å²) in [6.45, 7) is 37.1. The number of phenols is 8. The molecule has 0 amide bonds. The molecule has 0 unspecified atom stereocenters. The third-order valence-electron chi connectivity index (χ3n) is 30.7. The fraction of sp³-hybridized carbons (Fsp3) is 0.372. The smallest absolute Gasteiger partial charge is 0.343 e. The number of rotatable bonds is 30. The van der Waals surface area contributed by atoms with Crippen LogP contribution in [0, 0.1) is 150 Å². The summed E-state index contributed by atoms with van der Waals surface area (Å²) in [5.41, 5.74) is 26.3. The van der Waals surface area contributed by atoms with Crippen LogP contribution in [0.15, 0.2) is 146 Å². The molecule has 2 aliphatic carbocycles. The van der Waals surface area contributed by atoms with E-state index in [0.717, 1.165) is 188 Å². The van der Waals surface area contributed by atoms with Crippen LogP contribution in [-0.4, -0.2) is 120 Å². The molecule has 740 valence electrons. The van der Waals surface area contributed by atoms with Crippen molar-refractivity contribution in [1.82, 2.24) is 0 Å². The highest BCUT2D eigenvalue weighted by molar-refractivity contribution is 5.75. The Morgan fingerprint density at radius 3 is 0.532 bits per heavy atom. The Balaban J connectivity index is 0.995. The van der Waals surface area contributed by atoms with Crippen molar-refractivity contribution in [2.24, 2.45) is 11.8 Å². The molecule has 0 atom stereocenters. The Morgan fingerprint density at radius 1 is 0.227 bits per heavy atom. The van der Waals surface area contributed by atoms with Gasteiger partial charge >= 0.3 is 23.9 Å². The highest BCUT2D eigenvalue weighted by atomic mass is 16.6. The average Bonchev–Trinajstić information content (AvgIpc) is 0.728. The second-order valence-corrected chi connectivity index (χ2v) is 40.3. The molecule has 0 radical (unpaired) electrons. The van der Waals surface area contributed by atoms with Crippen LogP contribution < -0.4 is 18.9 Å². The number of aryl methyl sites for hydroxylation is 20. The van der Waals surface area contributed by atoms with Crippen LogP contribution in [0.5, 0.6) is 69.0 Å². The summed E-state index contributed by atoms with van der Waals surface area (Å²) >= 11 is 0. The third kappa shape index (κ3) is 20.7. The number of phenolic OH excluding ortho intramolecular Hbond substituents is 8. The Hall–Kier alpha value is -13.9. The fourth-order valence-corrected chi connectivity index (χ4v) is 22.6. The van der Waals surface area contributed by atoms with Gasteiger partial charge in [0.25, 0.3) is 0 Å². The number of hydrogen-bond acceptors (Lipinski definition) is 20. The van der Waals surface area contributed by atoms with Gasteiger partial charge in [0, 0.05) is 56.8 Å². The summed E-state index contributed by atoms with van der Waals surface area (Å²) < 4.78 is 48.7. The van der Waals surface area contributed by atoms with Gasteiger partial charge in [-0.15, -0.1) is 0 Å². The summed E-state index contributed by atoms with van der Waals surface area (Å²) in [7, 11) is 5.31. The molecule has 0 aromatic heterocycles. The first-order valence-electron chi connectivity index (χ1n) is 48.6. The number of aromatic hydroxyl groups is 8. The monoisotopic (exact) mass is 1910 g/mol. The zero-order valence-electron chi connectivity index (χ0n) is 86.0. The van der Waals surface area contributed by atoms with E-state index < -0.39 is 84.8 Å². The van der Waals surface area contributed by atoms with Crippen molar-refractivity contribution in [3.63, 3.8) is 0 Å². The summed E-state index contributed by atoms with van der Waals surface area (Å²) in [4.78, 5) is 54.4. The molecule has 20 heteroatoms. The molecule has 0 bridgehead atoms. The van der Waals surface area contributed by atoms with Crippen LogP contribution in [0.3, 0.4) is 0 Å². The van der Waals surface area contributed by atoms with Crippen molar-refractivity contribution < 1.29 is 97.9 Å². The molecular formula is C121H136O20. The van der Waals surface area contributed by atoms with E-state index in [-0.39, 0.29) is 57.8 Å². The first-order valence-corrected chi connectivity index (χ1v) is 48.6. The zero-order chi connectivity index (χ0) is 102. The highest BCUT2D eigenvalue weighted by Gasteiger charge is 2.47. The van der Waals surface area contributed by atoms with Gasteiger partial charge in [0.15, 0.2) is 26.4 Å². The standard InChI is InChI=1S/C121H136O20/c1-62-45-100(122)70(9)37-88(62)112(89-38-71(10)101(123)46-63(89)2)96-54-84(33-78(17)116(96)138-58-108(130)134-21)120(85-34-79(18)117(139-59-109(131)135-22)97(55-85)113(90-39-72(11)102(124)47-64(90)3)91-40-73(12)103(125)48-65(91)4)29-25-82(26-30-120)53-83-27-31-121(32-28-83,86-35-80(19)118(140-60-110(132)136-23)98(56-86)114(92-41-74(13)104(126)49-66(92)5)93-42-75(14)105(127)50-67(93)6)87-36-81(20)119(141-61-111(133)137-24)99(57-87)115(94-43-76(15)106(128)51-68(94)7)95-44-77(16)107(129)52-69(95)8/h33-52,54-57,82-83,112-115,122-129H,25-32,53,58-61H2,1-24H3. The molecule has 0 saturated heterocycles. The van der Waals surface area contributed by atoms with Gasteiger partial charge < -0.3 is 78.7 Å². The molecule has 8 N–H and O–H groups in total. The molecule has 0 spiro atoms. The third-order valence-corrected chi connectivity index (χ3v) is 30.7. The molecule has 2 fully saturated rings. The van der Waals surface area contributed by atoms with Crippen molar-refractivity contribution >= 4 is 23.9 Å². The molecular weight excluding hydrogens is 1770 g/mol. The lowest BCUT2D eigenvalue weighted by molar-refractivity contribution is -0.143. The first kappa shape index (κ1) is 103. The van der Waals surface area contributed by atoms with E-state index in [0.29, 0.717) is 93.2 Å². The lowest BCUT2D eigenvalue weighted by atomic mass is 9.58. The van der Waals surface area contributed by atoms with E-state index in [2.05, 4.69) is 48.5 Å². The van der Waals surface area contributed by atoms with Crippen molar-refractivity contribution in [2.45, 2.75) is 231 Å². The van der Waals surface area contributed by atoms with E-state index in [1.807, 2.05) is 187 Å². The van der Waals surface area contributed by atoms with Gasteiger partial charge in [-0.1, -0.05) is 97.1 Å². The van der Waals surface area contributed by atoms with E-state index in [4.69, 9.17) is 37.9 Å². The van der Waals surface area contributed by atoms with Gasteiger partial charge in [-0.25, -0.2) is 19.2 Å². The molecule has 20 nitrogen and oxygen atoms in total. The predicted molar refractivity (Wildman–Crippen MR) is 549 cm³/mol. The van der Waals surface area contributed by atoms with Crippen LogP contribution in [0.25, 0.3) is 0 Å². The van der Waals surface area contributed by atoms with Crippen molar-refractivity contribution in [3.8, 4) is 69.0 Å².